The molecule has 2 amide bonds. The van der Waals surface area contributed by atoms with Gasteiger partial charge in [-0.25, -0.2) is 0 Å². The molecule has 0 radical (unpaired) electrons. The number of aromatic nitrogens is 1. The number of anilines is 1. The predicted molar refractivity (Wildman–Crippen MR) is 102 cm³/mol. The molecule has 0 aromatic carbocycles. The van der Waals surface area contributed by atoms with E-state index in [1.54, 1.807) is 19.9 Å². The van der Waals surface area contributed by atoms with Crippen LogP contribution in [0.2, 0.25) is 0 Å². The molecule has 2 atom stereocenters. The molecule has 7 nitrogen and oxygen atoms in total. The van der Waals surface area contributed by atoms with Crippen LogP contribution in [-0.2, 0) is 9.59 Å². The zero-order valence-electron chi connectivity index (χ0n) is 14.7. The first kappa shape index (κ1) is 21.8. The van der Waals surface area contributed by atoms with Crippen LogP contribution < -0.4 is 16.0 Å². The number of nitrogens with one attached hydrogen (secondary N) is 3. The fourth-order valence-corrected chi connectivity index (χ4v) is 3.28. The Kier molecular flexibility index (Phi) is 9.92. The maximum Gasteiger partial charge on any atom is 0.238 e. The zero-order chi connectivity index (χ0) is 17.4. The van der Waals surface area contributed by atoms with Gasteiger partial charge in [0, 0.05) is 12.6 Å². The van der Waals surface area contributed by atoms with E-state index in [9.17, 15) is 9.59 Å². The maximum absolute atomic E-state index is 12.0. The first-order valence-corrected chi connectivity index (χ1v) is 9.42. The second-order valence-electron chi connectivity index (χ2n) is 6.12. The van der Waals surface area contributed by atoms with E-state index in [2.05, 4.69) is 21.1 Å². The molecule has 1 saturated heterocycles. The van der Waals surface area contributed by atoms with Crippen LogP contribution in [0.3, 0.4) is 0 Å². The third kappa shape index (κ3) is 8.11. The molecular weight excluding hydrogens is 364 g/mol. The lowest BCUT2D eigenvalue weighted by atomic mass is 9.96. The monoisotopic (exact) mass is 390 g/mol. The van der Waals surface area contributed by atoms with Gasteiger partial charge in [0.2, 0.25) is 11.8 Å². The average Bonchev–Trinajstić information content (AvgIpc) is 2.98. The van der Waals surface area contributed by atoms with Crippen molar-refractivity contribution in [3.63, 3.8) is 0 Å². The Bertz CT molecular complexity index is 549. The predicted octanol–water partition coefficient (Wildman–Crippen LogP) is 1.97. The van der Waals surface area contributed by atoms with E-state index >= 15 is 0 Å². The van der Waals surface area contributed by atoms with Crippen LogP contribution in [0.4, 0.5) is 5.82 Å². The Balaban J connectivity index is 0.00000312. The summed E-state index contributed by atoms with van der Waals surface area (Å²) in [5.74, 6) is 1.75. The highest BCUT2D eigenvalue weighted by Gasteiger charge is 2.17. The van der Waals surface area contributed by atoms with Crippen molar-refractivity contribution in [2.75, 3.05) is 30.7 Å². The van der Waals surface area contributed by atoms with Gasteiger partial charge in [-0.3, -0.25) is 9.59 Å². The first-order valence-electron chi connectivity index (χ1n) is 8.38. The summed E-state index contributed by atoms with van der Waals surface area (Å²) in [5, 5.41) is 12.4. The lowest BCUT2D eigenvalue weighted by Crippen LogP contribution is -2.34. The van der Waals surface area contributed by atoms with Gasteiger partial charge >= 0.3 is 0 Å². The van der Waals surface area contributed by atoms with Crippen LogP contribution in [0.25, 0.3) is 0 Å². The van der Waals surface area contributed by atoms with Gasteiger partial charge in [-0.05, 0) is 52.1 Å². The molecule has 25 heavy (non-hydrogen) atoms. The smallest absolute Gasteiger partial charge is 0.238 e. The molecule has 2 unspecified atom stereocenters. The van der Waals surface area contributed by atoms with Crippen molar-refractivity contribution >= 4 is 41.8 Å². The van der Waals surface area contributed by atoms with E-state index in [1.165, 1.54) is 24.6 Å². The molecule has 1 aromatic rings. The lowest BCUT2D eigenvalue weighted by molar-refractivity contribution is -0.118. The molecule has 1 aliphatic heterocycles. The van der Waals surface area contributed by atoms with Crippen molar-refractivity contribution in [3.05, 3.63) is 11.8 Å². The van der Waals surface area contributed by atoms with Gasteiger partial charge in [0.05, 0.1) is 11.0 Å². The quantitative estimate of drug-likeness (QED) is 0.628. The molecule has 0 saturated carbocycles. The minimum atomic E-state index is -0.338. The number of amides is 2. The number of rotatable bonds is 8. The van der Waals surface area contributed by atoms with Crippen LogP contribution in [0.1, 0.15) is 31.9 Å². The minimum absolute atomic E-state index is 0. The molecule has 142 valence electrons. The number of hydrogen-bond donors (Lipinski definition) is 3. The number of aryl methyl sites for hydroxylation is 1. The Labute approximate surface area is 158 Å². The van der Waals surface area contributed by atoms with Gasteiger partial charge < -0.3 is 20.5 Å². The van der Waals surface area contributed by atoms with E-state index in [0.29, 0.717) is 24.0 Å². The van der Waals surface area contributed by atoms with E-state index in [0.717, 1.165) is 19.5 Å². The summed E-state index contributed by atoms with van der Waals surface area (Å²) in [6.07, 6.45) is 3.45. The summed E-state index contributed by atoms with van der Waals surface area (Å²) in [5.41, 5.74) is 0. The number of hydrogen-bond acceptors (Lipinski definition) is 6. The molecule has 0 spiro atoms. The molecule has 1 aromatic heterocycles. The van der Waals surface area contributed by atoms with Crippen molar-refractivity contribution in [3.8, 4) is 0 Å². The molecule has 0 bridgehead atoms. The van der Waals surface area contributed by atoms with Gasteiger partial charge in [-0.2, -0.15) is 0 Å². The standard InChI is InChI=1S/C16H26N4O3S.ClH/c1-11-8-14(20-23-11)19-16(22)12(2)24-10-15(21)18-7-5-13-4-3-6-17-9-13;/h8,12-13,17H,3-7,9-10H2,1-2H3,(H,18,21)(H,19,20,22);1H. The van der Waals surface area contributed by atoms with Gasteiger partial charge in [-0.15, -0.1) is 24.2 Å². The summed E-state index contributed by atoms with van der Waals surface area (Å²) in [7, 11) is 0. The van der Waals surface area contributed by atoms with E-state index in [4.69, 9.17) is 4.52 Å². The Morgan fingerprint density at radius 1 is 1.52 bits per heavy atom. The summed E-state index contributed by atoms with van der Waals surface area (Å²) >= 11 is 1.31. The molecule has 2 rings (SSSR count). The molecule has 0 aliphatic carbocycles. The van der Waals surface area contributed by atoms with E-state index in [1.807, 2.05) is 0 Å². The average molecular weight is 391 g/mol. The summed E-state index contributed by atoms with van der Waals surface area (Å²) in [4.78, 5) is 23.9. The third-order valence-corrected chi connectivity index (χ3v) is 5.13. The highest BCUT2D eigenvalue weighted by molar-refractivity contribution is 8.01. The van der Waals surface area contributed by atoms with Crippen molar-refractivity contribution in [1.29, 1.82) is 0 Å². The Morgan fingerprint density at radius 3 is 2.96 bits per heavy atom. The summed E-state index contributed by atoms with van der Waals surface area (Å²) in [6, 6.07) is 1.65. The van der Waals surface area contributed by atoms with Crippen molar-refractivity contribution in [2.45, 2.75) is 38.4 Å². The fourth-order valence-electron chi connectivity index (χ4n) is 2.57. The second kappa shape index (κ2) is 11.4. The van der Waals surface area contributed by atoms with Crippen LogP contribution in [0.5, 0.6) is 0 Å². The number of nitrogens with zero attached hydrogens (tertiary/aromatic N) is 1. The molecule has 9 heteroatoms. The fraction of sp³-hybridized carbons (Fsp3) is 0.688. The topological polar surface area (TPSA) is 96.3 Å². The largest absolute Gasteiger partial charge is 0.360 e. The highest BCUT2D eigenvalue weighted by atomic mass is 35.5. The number of thioether (sulfide) groups is 1. The van der Waals surface area contributed by atoms with Crippen molar-refractivity contribution in [1.82, 2.24) is 15.8 Å². The zero-order valence-corrected chi connectivity index (χ0v) is 16.3. The van der Waals surface area contributed by atoms with Gasteiger partial charge in [-0.1, -0.05) is 5.16 Å². The van der Waals surface area contributed by atoms with Crippen LogP contribution in [0, 0.1) is 12.8 Å². The van der Waals surface area contributed by atoms with Crippen LogP contribution in [0.15, 0.2) is 10.6 Å². The number of carbonyl (C=O) groups is 2. The molecule has 1 aliphatic rings. The van der Waals surface area contributed by atoms with Crippen molar-refractivity contribution < 1.29 is 14.1 Å². The summed E-state index contributed by atoms with van der Waals surface area (Å²) in [6.45, 7) is 6.38. The van der Waals surface area contributed by atoms with Crippen molar-refractivity contribution in [2.24, 2.45) is 5.92 Å². The number of halogens is 1. The van der Waals surface area contributed by atoms with Crippen LogP contribution >= 0.6 is 24.2 Å². The van der Waals surface area contributed by atoms with Gasteiger partial charge in [0.15, 0.2) is 5.82 Å². The third-order valence-electron chi connectivity index (χ3n) is 3.99. The molecule has 2 heterocycles. The van der Waals surface area contributed by atoms with Crippen LogP contribution in [-0.4, -0.2) is 47.6 Å². The Morgan fingerprint density at radius 2 is 2.32 bits per heavy atom. The van der Waals surface area contributed by atoms with Gasteiger partial charge in [0.1, 0.15) is 5.76 Å². The molecule has 1 fully saturated rings. The normalized spacial score (nSPS) is 18.1. The Hall–Kier alpha value is -1.25. The maximum atomic E-state index is 12.0. The number of piperidine rings is 1. The number of carbonyl (C=O) groups excluding carboxylic acids is 2. The van der Waals surface area contributed by atoms with Gasteiger partial charge in [0.25, 0.3) is 0 Å². The van der Waals surface area contributed by atoms with E-state index < -0.39 is 0 Å². The SMILES string of the molecule is Cc1cc(NC(=O)C(C)SCC(=O)NCCC2CCCNC2)no1.Cl. The summed E-state index contributed by atoms with van der Waals surface area (Å²) < 4.78 is 4.90. The molecule has 3 N–H and O–H groups in total. The van der Waals surface area contributed by atoms with E-state index in [-0.39, 0.29) is 35.2 Å². The minimum Gasteiger partial charge on any atom is -0.360 e. The first-order chi connectivity index (χ1) is 11.5. The second-order valence-corrected chi connectivity index (χ2v) is 7.45. The lowest BCUT2D eigenvalue weighted by Gasteiger charge is -2.22. The highest BCUT2D eigenvalue weighted by Crippen LogP contribution is 2.15. The molecular formula is C16H27ClN4O3S.